The second kappa shape index (κ2) is 8.51. The number of allylic oxidation sites excluding steroid dienone is 1. The van der Waals surface area contributed by atoms with Gasteiger partial charge in [-0.3, -0.25) is 4.79 Å². The number of carbonyl (C=O) groups excluding carboxylic acids is 1. The first-order valence-electron chi connectivity index (χ1n) is 8.25. The summed E-state index contributed by atoms with van der Waals surface area (Å²) in [6.45, 7) is 5.65. The number of halogens is 1. The minimum atomic E-state index is -0.568. The second-order valence-electron chi connectivity index (χ2n) is 5.92. The first-order chi connectivity index (χ1) is 11.1. The molecule has 0 saturated heterocycles. The highest BCUT2D eigenvalue weighted by Crippen LogP contribution is 2.19. The lowest BCUT2D eigenvalue weighted by Gasteiger charge is -2.27. The Kier molecular flexibility index (Phi) is 6.39. The van der Waals surface area contributed by atoms with Gasteiger partial charge in [0.1, 0.15) is 11.9 Å². The van der Waals surface area contributed by atoms with Crippen LogP contribution in [0.4, 0.5) is 10.1 Å². The summed E-state index contributed by atoms with van der Waals surface area (Å²) in [6, 6.07) is 5.80. The van der Waals surface area contributed by atoms with Gasteiger partial charge in [0.2, 0.25) is 5.91 Å². The molecule has 0 bridgehead atoms. The third-order valence-corrected chi connectivity index (χ3v) is 4.25. The average Bonchev–Trinajstić information content (AvgIpc) is 2.56. The molecule has 1 aliphatic carbocycles. The maximum atomic E-state index is 13.4. The average molecular weight is 316 g/mol. The maximum Gasteiger partial charge on any atom is 0.247 e. The molecule has 1 aliphatic rings. The fraction of sp³-hybridized carbons (Fsp3) is 0.421. The molecule has 0 aliphatic heterocycles. The number of anilines is 1. The van der Waals surface area contributed by atoms with Gasteiger partial charge >= 0.3 is 0 Å². The monoisotopic (exact) mass is 316 g/mol. The maximum absolute atomic E-state index is 13.4. The van der Waals surface area contributed by atoms with E-state index in [1.165, 1.54) is 18.6 Å². The number of rotatable bonds is 6. The van der Waals surface area contributed by atoms with E-state index < -0.39 is 6.04 Å². The van der Waals surface area contributed by atoms with Crippen molar-refractivity contribution in [3.8, 4) is 0 Å². The minimum absolute atomic E-state index is 0.0887. The molecule has 0 heterocycles. The number of hydrogen-bond donors (Lipinski definition) is 2. The van der Waals surface area contributed by atoms with Crippen LogP contribution in [0.2, 0.25) is 0 Å². The van der Waals surface area contributed by atoms with Gasteiger partial charge in [-0.25, -0.2) is 4.39 Å². The minimum Gasteiger partial charge on any atom is -0.370 e. The molecule has 1 saturated carbocycles. The number of nitrogens with one attached hydrogen (secondary N) is 2. The molecular formula is C19H25FN2O. The van der Waals surface area contributed by atoms with Crippen LogP contribution in [0.1, 0.15) is 39.0 Å². The van der Waals surface area contributed by atoms with Crippen LogP contribution in [0.3, 0.4) is 0 Å². The molecule has 0 spiro atoms. The van der Waals surface area contributed by atoms with Gasteiger partial charge in [-0.05, 0) is 43.5 Å². The van der Waals surface area contributed by atoms with Crippen molar-refractivity contribution >= 4 is 11.6 Å². The molecule has 4 heteroatoms. The zero-order chi connectivity index (χ0) is 16.7. The predicted octanol–water partition coefficient (Wildman–Crippen LogP) is 4.19. The molecule has 2 N–H and O–H groups in total. The van der Waals surface area contributed by atoms with Crippen LogP contribution in [0.5, 0.6) is 0 Å². The lowest BCUT2D eigenvalue weighted by atomic mass is 9.95. The van der Waals surface area contributed by atoms with E-state index in [4.69, 9.17) is 0 Å². The summed E-state index contributed by atoms with van der Waals surface area (Å²) in [5.74, 6) is -0.420. The first kappa shape index (κ1) is 17.3. The number of benzene rings is 1. The lowest BCUT2D eigenvalue weighted by Crippen LogP contribution is -2.46. The standard InChI is InChI=1S/C19H25FN2O/c1-3-14(4-2)18(21-17-12-8-9-15(20)13-17)19(23)22-16-10-6-5-7-11-16/h3-4,8-9,12-13,16,18,21H,1,5-7,10-11H2,2H3,(H,22,23)/b14-4+/t18-/m0/s1. The molecule has 0 unspecified atom stereocenters. The van der Waals surface area contributed by atoms with Gasteiger partial charge in [0.25, 0.3) is 0 Å². The Morgan fingerprint density at radius 3 is 2.70 bits per heavy atom. The van der Waals surface area contributed by atoms with Crippen molar-refractivity contribution in [2.24, 2.45) is 0 Å². The molecule has 2 rings (SSSR count). The predicted molar refractivity (Wildman–Crippen MR) is 92.8 cm³/mol. The summed E-state index contributed by atoms with van der Waals surface area (Å²) < 4.78 is 13.4. The van der Waals surface area contributed by atoms with Crippen molar-refractivity contribution in [1.29, 1.82) is 0 Å². The Morgan fingerprint density at radius 2 is 2.09 bits per heavy atom. The van der Waals surface area contributed by atoms with Crippen molar-refractivity contribution in [2.75, 3.05) is 5.32 Å². The molecule has 1 atom stereocenters. The Bertz CT molecular complexity index is 576. The van der Waals surface area contributed by atoms with Crippen molar-refractivity contribution in [3.05, 3.63) is 54.4 Å². The van der Waals surface area contributed by atoms with E-state index in [0.29, 0.717) is 5.69 Å². The van der Waals surface area contributed by atoms with E-state index in [1.807, 2.05) is 13.0 Å². The number of amides is 1. The summed E-state index contributed by atoms with van der Waals surface area (Å²) in [7, 11) is 0. The highest BCUT2D eigenvalue weighted by atomic mass is 19.1. The number of hydrogen-bond acceptors (Lipinski definition) is 2. The van der Waals surface area contributed by atoms with Crippen molar-refractivity contribution in [3.63, 3.8) is 0 Å². The van der Waals surface area contributed by atoms with Crippen molar-refractivity contribution in [1.82, 2.24) is 5.32 Å². The van der Waals surface area contributed by atoms with Gasteiger partial charge in [-0.1, -0.05) is 44.1 Å². The Hall–Kier alpha value is -2.10. The van der Waals surface area contributed by atoms with Crippen LogP contribution in [0.15, 0.2) is 48.6 Å². The van der Waals surface area contributed by atoms with Crippen LogP contribution in [-0.4, -0.2) is 18.0 Å². The Morgan fingerprint density at radius 1 is 1.35 bits per heavy atom. The molecule has 0 aromatic heterocycles. The van der Waals surface area contributed by atoms with Gasteiger partial charge in [-0.2, -0.15) is 0 Å². The van der Waals surface area contributed by atoms with E-state index in [-0.39, 0.29) is 17.8 Å². The molecule has 1 fully saturated rings. The first-order valence-corrected chi connectivity index (χ1v) is 8.25. The third kappa shape index (κ3) is 4.95. The summed E-state index contributed by atoms with van der Waals surface area (Å²) in [5, 5.41) is 6.24. The van der Waals surface area contributed by atoms with Gasteiger partial charge in [0.15, 0.2) is 0 Å². The molecule has 124 valence electrons. The van der Waals surface area contributed by atoms with Crippen LogP contribution in [-0.2, 0) is 4.79 Å². The Balaban J connectivity index is 2.12. The SMILES string of the molecule is C=C/C(=C\C)[C@H](Nc1cccc(F)c1)C(=O)NC1CCCCC1. The quantitative estimate of drug-likeness (QED) is 0.773. The van der Waals surface area contributed by atoms with Crippen LogP contribution in [0, 0.1) is 5.82 Å². The van der Waals surface area contributed by atoms with Crippen LogP contribution in [0.25, 0.3) is 0 Å². The van der Waals surface area contributed by atoms with Gasteiger partial charge in [0, 0.05) is 11.7 Å². The smallest absolute Gasteiger partial charge is 0.247 e. The van der Waals surface area contributed by atoms with Gasteiger partial charge < -0.3 is 10.6 Å². The van der Waals surface area contributed by atoms with Gasteiger partial charge in [0.05, 0.1) is 0 Å². The highest BCUT2D eigenvalue weighted by Gasteiger charge is 2.24. The molecule has 1 aromatic rings. The number of carbonyl (C=O) groups is 1. The summed E-state index contributed by atoms with van der Waals surface area (Å²) in [6.07, 6.45) is 9.12. The zero-order valence-corrected chi connectivity index (χ0v) is 13.6. The molecular weight excluding hydrogens is 291 g/mol. The molecule has 3 nitrogen and oxygen atoms in total. The van der Waals surface area contributed by atoms with E-state index in [2.05, 4.69) is 17.2 Å². The summed E-state index contributed by atoms with van der Waals surface area (Å²) >= 11 is 0. The van der Waals surface area contributed by atoms with E-state index >= 15 is 0 Å². The summed E-state index contributed by atoms with van der Waals surface area (Å²) in [5.41, 5.74) is 1.36. The highest BCUT2D eigenvalue weighted by molar-refractivity contribution is 5.88. The summed E-state index contributed by atoms with van der Waals surface area (Å²) in [4.78, 5) is 12.7. The Labute approximate surface area is 137 Å². The van der Waals surface area contributed by atoms with E-state index in [9.17, 15) is 9.18 Å². The van der Waals surface area contributed by atoms with Crippen LogP contribution >= 0.6 is 0 Å². The van der Waals surface area contributed by atoms with Crippen LogP contribution < -0.4 is 10.6 Å². The second-order valence-corrected chi connectivity index (χ2v) is 5.92. The van der Waals surface area contributed by atoms with E-state index in [0.717, 1.165) is 31.3 Å². The topological polar surface area (TPSA) is 41.1 Å². The van der Waals surface area contributed by atoms with Gasteiger partial charge in [-0.15, -0.1) is 0 Å². The van der Waals surface area contributed by atoms with Crippen molar-refractivity contribution < 1.29 is 9.18 Å². The zero-order valence-electron chi connectivity index (χ0n) is 13.6. The largest absolute Gasteiger partial charge is 0.370 e. The molecule has 1 amide bonds. The third-order valence-electron chi connectivity index (χ3n) is 4.25. The molecule has 1 aromatic carbocycles. The molecule has 23 heavy (non-hydrogen) atoms. The normalized spacial score (nSPS) is 17.4. The fourth-order valence-electron chi connectivity index (χ4n) is 2.98. The van der Waals surface area contributed by atoms with E-state index in [1.54, 1.807) is 18.2 Å². The fourth-order valence-corrected chi connectivity index (χ4v) is 2.98. The van der Waals surface area contributed by atoms with Crippen molar-refractivity contribution in [2.45, 2.75) is 51.1 Å². The lowest BCUT2D eigenvalue weighted by molar-refractivity contribution is -0.122. The molecule has 0 radical (unpaired) electrons.